The molecule has 3 rings (SSSR count). The minimum absolute atomic E-state index is 0.0222. The molecule has 2 aliphatic heterocycles. The maximum atomic E-state index is 12.7. The summed E-state index contributed by atoms with van der Waals surface area (Å²) < 4.78 is 0. The molecule has 1 saturated heterocycles. The van der Waals surface area contributed by atoms with Crippen LogP contribution in [0.2, 0.25) is 0 Å². The molecule has 2 aliphatic rings. The normalized spacial score (nSPS) is 21.0. The fourth-order valence-electron chi connectivity index (χ4n) is 2.77. The van der Waals surface area contributed by atoms with Crippen molar-refractivity contribution in [1.29, 1.82) is 0 Å². The molecule has 0 bridgehead atoms. The molecule has 1 aromatic heterocycles. The van der Waals surface area contributed by atoms with Gasteiger partial charge in [-0.05, 0) is 5.57 Å². The minimum atomic E-state index is -1.36. The number of carboxylic acids is 2. The number of rotatable bonds is 8. The van der Waals surface area contributed by atoms with Gasteiger partial charge in [0.1, 0.15) is 22.8 Å². The Bertz CT molecular complexity index is 974. The summed E-state index contributed by atoms with van der Waals surface area (Å²) in [5.41, 5.74) is 5.08. The zero-order chi connectivity index (χ0) is 22.0. The number of nitrogens with one attached hydrogen (secondary N) is 1. The number of nitrogens with zero attached hydrogens (tertiary/aromatic N) is 3. The van der Waals surface area contributed by atoms with Crippen LogP contribution in [0.4, 0.5) is 5.13 Å². The lowest BCUT2D eigenvalue weighted by atomic mass is 10.0. The number of β-lactam (4-membered cyclic amide) rings is 1. The number of hydrogen-bond donors (Lipinski definition) is 5. The zero-order valence-corrected chi connectivity index (χ0v) is 16.6. The van der Waals surface area contributed by atoms with Gasteiger partial charge < -0.3 is 31.2 Å². The third-order valence-electron chi connectivity index (χ3n) is 4.05. The van der Waals surface area contributed by atoms with E-state index in [0.29, 0.717) is 0 Å². The lowest BCUT2D eigenvalue weighted by Gasteiger charge is -2.49. The second-order valence-electron chi connectivity index (χ2n) is 5.95. The van der Waals surface area contributed by atoms with Gasteiger partial charge in [-0.3, -0.25) is 14.5 Å². The summed E-state index contributed by atoms with van der Waals surface area (Å²) in [6, 6.07) is -1.06. The number of fused-ring (bicyclic) bond motifs is 1. The Balaban J connectivity index is 1.79. The summed E-state index contributed by atoms with van der Waals surface area (Å²) >= 11 is 2.19. The van der Waals surface area contributed by atoms with Crippen LogP contribution in [0, 0.1) is 0 Å². The molecule has 30 heavy (non-hydrogen) atoms. The van der Waals surface area contributed by atoms with Gasteiger partial charge in [0, 0.05) is 11.1 Å². The average molecular weight is 457 g/mol. The molecule has 0 saturated carbocycles. The van der Waals surface area contributed by atoms with Crippen molar-refractivity contribution in [1.82, 2.24) is 15.2 Å². The van der Waals surface area contributed by atoms with Crippen molar-refractivity contribution in [2.75, 3.05) is 24.7 Å². The van der Waals surface area contributed by atoms with E-state index in [-0.39, 0.29) is 33.6 Å². The van der Waals surface area contributed by atoms with E-state index in [4.69, 9.17) is 10.8 Å². The Morgan fingerprint density at radius 2 is 2.13 bits per heavy atom. The van der Waals surface area contributed by atoms with E-state index in [0.717, 1.165) is 16.2 Å². The highest BCUT2D eigenvalue weighted by Gasteiger charge is 2.54. The Morgan fingerprint density at radius 3 is 2.70 bits per heavy atom. The monoisotopic (exact) mass is 457 g/mol. The molecule has 13 nitrogen and oxygen atoms in total. The number of carbonyl (C=O) groups is 4. The summed E-state index contributed by atoms with van der Waals surface area (Å²) in [6.45, 7) is -1.31. The molecule has 0 aromatic carbocycles. The van der Waals surface area contributed by atoms with Crippen LogP contribution in [-0.2, 0) is 24.0 Å². The maximum absolute atomic E-state index is 12.7. The van der Waals surface area contributed by atoms with Crippen LogP contribution in [0.15, 0.2) is 21.8 Å². The van der Waals surface area contributed by atoms with Crippen LogP contribution >= 0.6 is 23.1 Å². The van der Waals surface area contributed by atoms with E-state index in [2.05, 4.69) is 20.3 Å². The van der Waals surface area contributed by atoms with Crippen molar-refractivity contribution in [3.63, 3.8) is 0 Å². The van der Waals surface area contributed by atoms with Gasteiger partial charge in [-0.2, -0.15) is 0 Å². The van der Waals surface area contributed by atoms with Gasteiger partial charge in [0.05, 0.1) is 6.61 Å². The molecular formula is C15H15N5O8S2. The molecule has 3 heterocycles. The van der Waals surface area contributed by atoms with Crippen LogP contribution in [-0.4, -0.2) is 85.1 Å². The number of thiazole rings is 1. The van der Waals surface area contributed by atoms with Crippen molar-refractivity contribution in [2.45, 2.75) is 11.4 Å². The number of nitrogen functional groups attached to an aromatic ring is 1. The van der Waals surface area contributed by atoms with E-state index >= 15 is 0 Å². The molecule has 0 unspecified atom stereocenters. The molecule has 1 fully saturated rings. The predicted molar refractivity (Wildman–Crippen MR) is 103 cm³/mol. The first-order valence-electron chi connectivity index (χ1n) is 8.19. The van der Waals surface area contributed by atoms with Crippen LogP contribution < -0.4 is 11.1 Å². The van der Waals surface area contributed by atoms with E-state index in [1.807, 2.05) is 0 Å². The fourth-order valence-corrected chi connectivity index (χ4v) is 4.65. The molecule has 1 aromatic rings. The molecule has 160 valence electrons. The van der Waals surface area contributed by atoms with Gasteiger partial charge in [0.25, 0.3) is 11.8 Å². The predicted octanol–water partition coefficient (Wildman–Crippen LogP) is -1.74. The van der Waals surface area contributed by atoms with Gasteiger partial charge in [-0.1, -0.05) is 5.16 Å². The number of aromatic nitrogens is 1. The quantitative estimate of drug-likeness (QED) is 0.168. The molecule has 6 N–H and O–H groups in total. The van der Waals surface area contributed by atoms with Crippen molar-refractivity contribution < 1.29 is 39.3 Å². The molecule has 0 radical (unpaired) electrons. The van der Waals surface area contributed by atoms with Crippen molar-refractivity contribution >= 4 is 57.7 Å². The highest BCUT2D eigenvalue weighted by molar-refractivity contribution is 8.00. The molecule has 15 heteroatoms. The average Bonchev–Trinajstić information content (AvgIpc) is 3.13. The number of carbonyl (C=O) groups excluding carboxylic acids is 2. The van der Waals surface area contributed by atoms with Crippen molar-refractivity contribution in [3.05, 3.63) is 22.3 Å². The summed E-state index contributed by atoms with van der Waals surface area (Å²) in [4.78, 5) is 56.8. The molecule has 0 aliphatic carbocycles. The third kappa shape index (κ3) is 4.07. The zero-order valence-electron chi connectivity index (χ0n) is 15.0. The first-order chi connectivity index (χ1) is 14.2. The highest BCUT2D eigenvalue weighted by Crippen LogP contribution is 2.40. The Kier molecular flexibility index (Phi) is 6.23. The van der Waals surface area contributed by atoms with Crippen LogP contribution in [0.3, 0.4) is 0 Å². The van der Waals surface area contributed by atoms with E-state index < -0.39 is 48.4 Å². The lowest BCUT2D eigenvalue weighted by Crippen LogP contribution is -2.71. The number of amides is 2. The third-order valence-corrected chi connectivity index (χ3v) is 6.06. The topological polar surface area (TPSA) is 205 Å². The summed E-state index contributed by atoms with van der Waals surface area (Å²) in [7, 11) is 0. The second-order valence-corrected chi connectivity index (χ2v) is 7.95. The molecule has 0 spiro atoms. The minimum Gasteiger partial charge on any atom is -0.479 e. The molecular weight excluding hydrogens is 442 g/mol. The maximum Gasteiger partial charge on any atom is 0.352 e. The summed E-state index contributed by atoms with van der Waals surface area (Å²) in [5.74, 6) is -4.05. The fraction of sp³-hybridized carbons (Fsp3) is 0.333. The summed E-state index contributed by atoms with van der Waals surface area (Å²) in [5, 5.41) is 34.1. The Morgan fingerprint density at radius 1 is 1.40 bits per heavy atom. The largest absolute Gasteiger partial charge is 0.479 e. The number of aliphatic hydroxyl groups is 1. The van der Waals surface area contributed by atoms with E-state index in [1.165, 1.54) is 17.1 Å². The van der Waals surface area contributed by atoms with Gasteiger partial charge in [-0.15, -0.1) is 23.1 Å². The van der Waals surface area contributed by atoms with Crippen molar-refractivity contribution in [3.8, 4) is 0 Å². The number of aliphatic hydroxyl groups excluding tert-OH is 1. The highest BCUT2D eigenvalue weighted by atomic mass is 32.2. The number of oxime groups is 1. The van der Waals surface area contributed by atoms with Gasteiger partial charge >= 0.3 is 11.9 Å². The SMILES string of the molecule is Nc1nc(/C(=N/OCC(=O)O)C(=O)N[C@@H]2C(=O)N3C(C(=O)O)=C(CO)CS[C@H]23)cs1. The number of thioether (sulfide) groups is 1. The van der Waals surface area contributed by atoms with Crippen LogP contribution in [0.5, 0.6) is 0 Å². The van der Waals surface area contributed by atoms with Crippen LogP contribution in [0.25, 0.3) is 0 Å². The van der Waals surface area contributed by atoms with E-state index in [9.17, 15) is 29.4 Å². The van der Waals surface area contributed by atoms with E-state index in [1.54, 1.807) is 0 Å². The smallest absolute Gasteiger partial charge is 0.352 e. The molecule has 2 amide bonds. The summed E-state index contributed by atoms with van der Waals surface area (Å²) in [6.07, 6.45) is 0. The number of hydrogen-bond acceptors (Lipinski definition) is 11. The van der Waals surface area contributed by atoms with Crippen LogP contribution in [0.1, 0.15) is 5.69 Å². The van der Waals surface area contributed by atoms with Gasteiger partial charge in [0.2, 0.25) is 6.61 Å². The number of nitrogens with two attached hydrogens (primary N) is 1. The standard InChI is InChI=1S/C15H15N5O8S2/c16-15-17-6(4-30-15)8(19-28-2-7(22)23)11(24)18-9-12(25)20-10(14(26)27)5(1-21)3-29-13(9)20/h4,9,13,21H,1-3H2,(H2,16,17)(H,18,24)(H,22,23)(H,26,27)/b19-8-/t9-,13-/m1/s1. The lowest BCUT2D eigenvalue weighted by molar-refractivity contribution is -0.150. The number of aliphatic carboxylic acids is 2. The van der Waals surface area contributed by atoms with Crippen molar-refractivity contribution in [2.24, 2.45) is 5.16 Å². The van der Waals surface area contributed by atoms with Gasteiger partial charge in [0.15, 0.2) is 10.8 Å². The Labute approximate surface area is 176 Å². The first kappa shape index (κ1) is 21.5. The number of carboxylic acid groups (broad SMARTS) is 2. The first-order valence-corrected chi connectivity index (χ1v) is 10.1. The Hall–Kier alpha value is -3.17. The second kappa shape index (κ2) is 8.68. The molecule has 2 atom stereocenters. The van der Waals surface area contributed by atoms with Gasteiger partial charge in [-0.25, -0.2) is 14.6 Å². The number of anilines is 1.